The first-order valence-corrected chi connectivity index (χ1v) is 6.61. The van der Waals surface area contributed by atoms with Gasteiger partial charge in [0.05, 0.1) is 16.1 Å². The number of carboxylic acid groups (broad SMARTS) is 1. The average Bonchev–Trinajstić information content (AvgIpc) is 2.43. The summed E-state index contributed by atoms with van der Waals surface area (Å²) in [5, 5.41) is 12.0. The highest BCUT2D eigenvalue weighted by Gasteiger charge is 2.15. The van der Waals surface area contributed by atoms with Gasteiger partial charge in [-0.15, -0.1) is 0 Å². The number of halogens is 2. The van der Waals surface area contributed by atoms with Gasteiger partial charge in [-0.05, 0) is 30.7 Å². The molecule has 0 aliphatic rings. The van der Waals surface area contributed by atoms with Gasteiger partial charge in [0, 0.05) is 11.9 Å². The van der Waals surface area contributed by atoms with Crippen LogP contribution in [0.4, 0.5) is 5.69 Å². The number of carbonyl (C=O) groups excluding carboxylic acids is 1. The highest BCUT2D eigenvalue weighted by molar-refractivity contribution is 6.35. The average molecular weight is 325 g/mol. The largest absolute Gasteiger partial charge is 0.478 e. The number of amides is 1. The molecule has 0 fully saturated rings. The molecule has 0 aliphatic heterocycles. The number of nitrogens with zero attached hydrogens (tertiary/aromatic N) is 1. The quantitative estimate of drug-likeness (QED) is 0.844. The molecule has 0 bridgehead atoms. The van der Waals surface area contributed by atoms with Gasteiger partial charge in [-0.3, -0.25) is 4.79 Å². The van der Waals surface area contributed by atoms with E-state index >= 15 is 0 Å². The predicted octanol–water partition coefficient (Wildman–Crippen LogP) is 3.65. The molecule has 0 unspecified atom stereocenters. The van der Waals surface area contributed by atoms with Crippen LogP contribution in [0.1, 0.15) is 26.3 Å². The minimum absolute atomic E-state index is 0.117. The molecular formula is C14H10Cl2N2O3. The molecule has 5 nitrogen and oxygen atoms in total. The maximum atomic E-state index is 12.2. The van der Waals surface area contributed by atoms with Crippen molar-refractivity contribution in [3.63, 3.8) is 0 Å². The van der Waals surface area contributed by atoms with Crippen molar-refractivity contribution >= 4 is 40.8 Å². The maximum Gasteiger partial charge on any atom is 0.336 e. The summed E-state index contributed by atoms with van der Waals surface area (Å²) in [7, 11) is 0. The first-order chi connectivity index (χ1) is 9.90. The standard InChI is InChI=1S/C14H10Cl2N2O3/c1-7-8(14(20)21)3-2-4-11(7)18-13(19)9-5-12(16)17-6-10(9)15/h2-6H,1H3,(H,18,19)(H,20,21). The number of benzene rings is 1. The fourth-order valence-corrected chi connectivity index (χ4v) is 2.13. The molecule has 21 heavy (non-hydrogen) atoms. The second-order valence-electron chi connectivity index (χ2n) is 4.22. The third kappa shape index (κ3) is 3.32. The highest BCUT2D eigenvalue weighted by atomic mass is 35.5. The Morgan fingerprint density at radius 2 is 1.95 bits per heavy atom. The zero-order chi connectivity index (χ0) is 15.6. The molecular weight excluding hydrogens is 315 g/mol. The van der Waals surface area contributed by atoms with Gasteiger partial charge in [0.15, 0.2) is 0 Å². The molecule has 0 saturated heterocycles. The van der Waals surface area contributed by atoms with E-state index in [4.69, 9.17) is 28.3 Å². The van der Waals surface area contributed by atoms with E-state index in [2.05, 4.69) is 10.3 Å². The van der Waals surface area contributed by atoms with Gasteiger partial charge >= 0.3 is 5.97 Å². The summed E-state index contributed by atoms with van der Waals surface area (Å²) in [6.45, 7) is 1.61. The zero-order valence-electron chi connectivity index (χ0n) is 10.9. The normalized spacial score (nSPS) is 10.2. The van der Waals surface area contributed by atoms with Crippen molar-refractivity contribution in [2.24, 2.45) is 0 Å². The third-order valence-corrected chi connectivity index (χ3v) is 3.39. The van der Waals surface area contributed by atoms with Crippen molar-refractivity contribution in [3.05, 3.63) is 57.3 Å². The Labute approximate surface area is 130 Å². The molecule has 2 aromatic rings. The van der Waals surface area contributed by atoms with Crippen molar-refractivity contribution in [2.45, 2.75) is 6.92 Å². The lowest BCUT2D eigenvalue weighted by atomic mass is 10.1. The molecule has 2 N–H and O–H groups in total. The van der Waals surface area contributed by atoms with Crippen molar-refractivity contribution in [3.8, 4) is 0 Å². The van der Waals surface area contributed by atoms with Crippen molar-refractivity contribution in [2.75, 3.05) is 5.32 Å². The van der Waals surface area contributed by atoms with Crippen LogP contribution in [-0.4, -0.2) is 22.0 Å². The van der Waals surface area contributed by atoms with Gasteiger partial charge in [-0.25, -0.2) is 9.78 Å². The van der Waals surface area contributed by atoms with Gasteiger partial charge in [-0.2, -0.15) is 0 Å². The van der Waals surface area contributed by atoms with E-state index in [-0.39, 0.29) is 21.3 Å². The first-order valence-electron chi connectivity index (χ1n) is 5.85. The number of rotatable bonds is 3. The minimum atomic E-state index is -1.06. The molecule has 108 valence electrons. The van der Waals surface area contributed by atoms with Crippen LogP contribution in [-0.2, 0) is 0 Å². The predicted molar refractivity (Wildman–Crippen MR) is 80.3 cm³/mol. The molecule has 0 spiro atoms. The molecule has 7 heteroatoms. The lowest BCUT2D eigenvalue weighted by molar-refractivity contribution is 0.0695. The van der Waals surface area contributed by atoms with Gasteiger partial charge < -0.3 is 10.4 Å². The zero-order valence-corrected chi connectivity index (χ0v) is 12.4. The molecule has 1 aromatic carbocycles. The summed E-state index contributed by atoms with van der Waals surface area (Å²) < 4.78 is 0. The van der Waals surface area contributed by atoms with Gasteiger partial charge in [0.25, 0.3) is 5.91 Å². The van der Waals surface area contributed by atoms with Crippen LogP contribution in [0.3, 0.4) is 0 Å². The van der Waals surface area contributed by atoms with Crippen LogP contribution >= 0.6 is 23.2 Å². The van der Waals surface area contributed by atoms with Crippen LogP contribution < -0.4 is 5.32 Å². The summed E-state index contributed by atoms with van der Waals surface area (Å²) >= 11 is 11.6. The Balaban J connectivity index is 2.34. The topological polar surface area (TPSA) is 79.3 Å². The monoisotopic (exact) mass is 324 g/mol. The fourth-order valence-electron chi connectivity index (χ4n) is 1.78. The summed E-state index contributed by atoms with van der Waals surface area (Å²) in [5.74, 6) is -1.55. The second kappa shape index (κ2) is 6.11. The van der Waals surface area contributed by atoms with Crippen LogP contribution in [0, 0.1) is 6.92 Å². The molecule has 1 aromatic heterocycles. The number of carbonyl (C=O) groups is 2. The molecule has 0 saturated carbocycles. The van der Waals surface area contributed by atoms with Gasteiger partial charge in [-0.1, -0.05) is 29.3 Å². The van der Waals surface area contributed by atoms with E-state index in [1.807, 2.05) is 0 Å². The number of nitrogens with one attached hydrogen (secondary N) is 1. The van der Waals surface area contributed by atoms with E-state index in [0.717, 1.165) is 0 Å². The van der Waals surface area contributed by atoms with E-state index < -0.39 is 11.9 Å². The van der Waals surface area contributed by atoms with Crippen LogP contribution in [0.15, 0.2) is 30.5 Å². The van der Waals surface area contributed by atoms with Crippen LogP contribution in [0.2, 0.25) is 10.2 Å². The maximum absolute atomic E-state index is 12.2. The Hall–Kier alpha value is -2.11. The van der Waals surface area contributed by atoms with E-state index in [9.17, 15) is 9.59 Å². The van der Waals surface area contributed by atoms with E-state index in [0.29, 0.717) is 11.3 Å². The molecule has 0 aliphatic carbocycles. The Kier molecular flexibility index (Phi) is 4.45. The number of anilines is 1. The minimum Gasteiger partial charge on any atom is -0.478 e. The summed E-state index contributed by atoms with van der Waals surface area (Å²) in [5.41, 5.74) is 1.13. The molecule has 0 atom stereocenters. The van der Waals surface area contributed by atoms with E-state index in [1.54, 1.807) is 19.1 Å². The fraction of sp³-hybridized carbons (Fsp3) is 0.0714. The summed E-state index contributed by atoms with van der Waals surface area (Å²) in [6, 6.07) is 5.96. The van der Waals surface area contributed by atoms with Crippen LogP contribution in [0.25, 0.3) is 0 Å². The lowest BCUT2D eigenvalue weighted by Crippen LogP contribution is -2.14. The summed E-state index contributed by atoms with van der Waals surface area (Å²) in [4.78, 5) is 27.0. The van der Waals surface area contributed by atoms with Crippen molar-refractivity contribution in [1.82, 2.24) is 4.98 Å². The molecule has 2 rings (SSSR count). The molecule has 0 radical (unpaired) electrons. The van der Waals surface area contributed by atoms with E-state index in [1.165, 1.54) is 18.3 Å². The van der Waals surface area contributed by atoms with Crippen molar-refractivity contribution in [1.29, 1.82) is 0 Å². The lowest BCUT2D eigenvalue weighted by Gasteiger charge is -2.11. The van der Waals surface area contributed by atoms with Crippen LogP contribution in [0.5, 0.6) is 0 Å². The number of hydrogen-bond donors (Lipinski definition) is 2. The number of aromatic nitrogens is 1. The number of pyridine rings is 1. The Morgan fingerprint density at radius 1 is 1.24 bits per heavy atom. The SMILES string of the molecule is Cc1c(NC(=O)c2cc(Cl)ncc2Cl)cccc1C(=O)O. The van der Waals surface area contributed by atoms with Gasteiger partial charge in [0.1, 0.15) is 5.15 Å². The number of aromatic carboxylic acids is 1. The number of hydrogen-bond acceptors (Lipinski definition) is 3. The highest BCUT2D eigenvalue weighted by Crippen LogP contribution is 2.23. The Bertz CT molecular complexity index is 732. The van der Waals surface area contributed by atoms with Gasteiger partial charge in [0.2, 0.25) is 0 Å². The third-order valence-electron chi connectivity index (χ3n) is 2.88. The molecule has 1 heterocycles. The Morgan fingerprint density at radius 3 is 2.62 bits per heavy atom. The smallest absolute Gasteiger partial charge is 0.336 e. The second-order valence-corrected chi connectivity index (χ2v) is 5.02. The number of carboxylic acids is 1. The first kappa shape index (κ1) is 15.3. The summed E-state index contributed by atoms with van der Waals surface area (Å²) in [6.07, 6.45) is 1.28. The van der Waals surface area contributed by atoms with Crippen molar-refractivity contribution < 1.29 is 14.7 Å². The molecule has 1 amide bonds.